The van der Waals surface area contributed by atoms with Crippen LogP contribution in [-0.2, 0) is 4.74 Å². The van der Waals surface area contributed by atoms with Crippen molar-refractivity contribution >= 4 is 6.09 Å². The Labute approximate surface area is 130 Å². The zero-order valence-corrected chi connectivity index (χ0v) is 15.2. The van der Waals surface area contributed by atoms with Crippen molar-refractivity contribution in [1.29, 1.82) is 0 Å². The van der Waals surface area contributed by atoms with Gasteiger partial charge in [-0.05, 0) is 46.5 Å². The highest BCUT2D eigenvalue weighted by atomic mass is 16.6. The van der Waals surface area contributed by atoms with Gasteiger partial charge in [-0.25, -0.2) is 4.79 Å². The van der Waals surface area contributed by atoms with Gasteiger partial charge in [0.25, 0.3) is 0 Å². The number of hydrogen-bond donors (Lipinski definition) is 0. The molecule has 0 saturated carbocycles. The van der Waals surface area contributed by atoms with Crippen LogP contribution >= 0.6 is 0 Å². The van der Waals surface area contributed by atoms with E-state index < -0.39 is 5.60 Å². The maximum atomic E-state index is 12.1. The fraction of sp³-hybridized carbons (Fsp3) is 0.941. The average molecular weight is 298 g/mol. The third-order valence-corrected chi connectivity index (χ3v) is 5.26. The molecule has 1 heterocycles. The molecule has 4 heteroatoms. The first-order valence-electron chi connectivity index (χ1n) is 8.14. The van der Waals surface area contributed by atoms with Crippen molar-refractivity contribution in [1.82, 2.24) is 9.80 Å². The Morgan fingerprint density at radius 1 is 0.952 bits per heavy atom. The summed E-state index contributed by atoms with van der Waals surface area (Å²) in [4.78, 5) is 16.4. The largest absolute Gasteiger partial charge is 0.444 e. The van der Waals surface area contributed by atoms with Crippen LogP contribution in [0.1, 0.15) is 61.8 Å². The van der Waals surface area contributed by atoms with Crippen LogP contribution in [0, 0.1) is 5.41 Å². The first kappa shape index (κ1) is 18.3. The smallest absolute Gasteiger partial charge is 0.410 e. The number of amides is 1. The quantitative estimate of drug-likeness (QED) is 0.795. The lowest BCUT2D eigenvalue weighted by Crippen LogP contribution is -2.60. The molecular weight excluding hydrogens is 264 g/mol. The summed E-state index contributed by atoms with van der Waals surface area (Å²) in [5, 5.41) is 0. The molecular formula is C17H34N2O2. The predicted molar refractivity (Wildman–Crippen MR) is 87.5 cm³/mol. The normalized spacial score (nSPS) is 18.8. The molecule has 0 aromatic carbocycles. The summed E-state index contributed by atoms with van der Waals surface area (Å²) in [5.41, 5.74) is -0.0411. The van der Waals surface area contributed by atoms with E-state index in [1.54, 1.807) is 0 Å². The molecule has 0 atom stereocenters. The standard InChI is InChI=1S/C17H34N2O2/c1-9-16(5,6)17(7,8)19-12-10-18(11-13-19)14(20)21-15(2,3)4/h9-13H2,1-8H3. The van der Waals surface area contributed by atoms with Crippen LogP contribution in [0.5, 0.6) is 0 Å². The zero-order chi connectivity index (χ0) is 16.5. The summed E-state index contributed by atoms with van der Waals surface area (Å²) in [7, 11) is 0. The zero-order valence-electron chi connectivity index (χ0n) is 15.2. The number of nitrogens with zero attached hydrogens (tertiary/aromatic N) is 2. The topological polar surface area (TPSA) is 32.8 Å². The van der Waals surface area contributed by atoms with Crippen LogP contribution in [0.2, 0.25) is 0 Å². The molecule has 0 spiro atoms. The first-order valence-corrected chi connectivity index (χ1v) is 8.14. The molecule has 0 aliphatic carbocycles. The van der Waals surface area contributed by atoms with Crippen molar-refractivity contribution in [2.24, 2.45) is 5.41 Å². The lowest BCUT2D eigenvalue weighted by atomic mass is 9.71. The molecule has 124 valence electrons. The van der Waals surface area contributed by atoms with Gasteiger partial charge in [-0.2, -0.15) is 0 Å². The number of carbonyl (C=O) groups is 1. The monoisotopic (exact) mass is 298 g/mol. The Kier molecular flexibility index (Phi) is 5.36. The van der Waals surface area contributed by atoms with Gasteiger partial charge >= 0.3 is 6.09 Å². The van der Waals surface area contributed by atoms with Crippen molar-refractivity contribution in [3.8, 4) is 0 Å². The molecule has 1 aliphatic rings. The van der Waals surface area contributed by atoms with E-state index in [-0.39, 0.29) is 17.0 Å². The summed E-state index contributed by atoms with van der Waals surface area (Å²) < 4.78 is 5.45. The van der Waals surface area contributed by atoms with Gasteiger partial charge in [-0.15, -0.1) is 0 Å². The Hall–Kier alpha value is -0.770. The van der Waals surface area contributed by atoms with E-state index in [9.17, 15) is 4.79 Å². The van der Waals surface area contributed by atoms with E-state index in [0.717, 1.165) is 32.6 Å². The van der Waals surface area contributed by atoms with Gasteiger partial charge in [0.1, 0.15) is 5.60 Å². The lowest BCUT2D eigenvalue weighted by molar-refractivity contribution is -0.0316. The van der Waals surface area contributed by atoms with Gasteiger partial charge in [0.15, 0.2) is 0 Å². The first-order chi connectivity index (χ1) is 9.40. The van der Waals surface area contributed by atoms with Crippen molar-refractivity contribution in [3.05, 3.63) is 0 Å². The molecule has 1 amide bonds. The number of hydrogen-bond acceptors (Lipinski definition) is 3. The van der Waals surface area contributed by atoms with Crippen LogP contribution < -0.4 is 0 Å². The van der Waals surface area contributed by atoms with Gasteiger partial charge < -0.3 is 9.64 Å². The predicted octanol–water partition coefficient (Wildman–Crippen LogP) is 3.75. The highest BCUT2D eigenvalue weighted by Crippen LogP contribution is 2.38. The van der Waals surface area contributed by atoms with Crippen LogP contribution in [0.25, 0.3) is 0 Å². The van der Waals surface area contributed by atoms with E-state index in [2.05, 4.69) is 39.5 Å². The third kappa shape index (κ3) is 4.35. The fourth-order valence-corrected chi connectivity index (χ4v) is 2.64. The molecule has 0 aromatic rings. The molecule has 0 unspecified atom stereocenters. The Balaban J connectivity index is 2.62. The van der Waals surface area contributed by atoms with E-state index in [1.165, 1.54) is 0 Å². The van der Waals surface area contributed by atoms with Gasteiger partial charge in [-0.1, -0.05) is 20.8 Å². The van der Waals surface area contributed by atoms with Crippen molar-refractivity contribution in [2.45, 2.75) is 73.0 Å². The fourth-order valence-electron chi connectivity index (χ4n) is 2.64. The maximum absolute atomic E-state index is 12.1. The minimum absolute atomic E-state index is 0.127. The summed E-state index contributed by atoms with van der Waals surface area (Å²) >= 11 is 0. The van der Waals surface area contributed by atoms with Crippen LogP contribution in [0.3, 0.4) is 0 Å². The van der Waals surface area contributed by atoms with Gasteiger partial charge in [-0.3, -0.25) is 4.90 Å². The molecule has 0 radical (unpaired) electrons. The summed E-state index contributed by atoms with van der Waals surface area (Å²) in [6, 6.07) is 0. The number of piperazine rings is 1. The minimum atomic E-state index is -0.419. The van der Waals surface area contributed by atoms with Crippen molar-refractivity contribution in [2.75, 3.05) is 26.2 Å². The van der Waals surface area contributed by atoms with Gasteiger partial charge in [0.05, 0.1) is 0 Å². The third-order valence-electron chi connectivity index (χ3n) is 5.26. The minimum Gasteiger partial charge on any atom is -0.444 e. The highest BCUT2D eigenvalue weighted by molar-refractivity contribution is 5.68. The molecule has 0 bridgehead atoms. The Morgan fingerprint density at radius 3 is 1.81 bits per heavy atom. The second kappa shape index (κ2) is 6.15. The molecule has 21 heavy (non-hydrogen) atoms. The molecule has 4 nitrogen and oxygen atoms in total. The van der Waals surface area contributed by atoms with E-state index in [0.29, 0.717) is 0 Å². The molecule has 0 aromatic heterocycles. The molecule has 1 aliphatic heterocycles. The van der Waals surface area contributed by atoms with Crippen LogP contribution in [-0.4, -0.2) is 53.2 Å². The molecule has 0 N–H and O–H groups in total. The maximum Gasteiger partial charge on any atom is 0.410 e. The molecule has 1 fully saturated rings. The molecule has 1 rings (SSSR count). The van der Waals surface area contributed by atoms with Gasteiger partial charge in [0.2, 0.25) is 0 Å². The number of rotatable bonds is 3. The summed E-state index contributed by atoms with van der Waals surface area (Å²) in [6.45, 7) is 20.6. The van der Waals surface area contributed by atoms with E-state index in [4.69, 9.17) is 4.74 Å². The molecule has 1 saturated heterocycles. The van der Waals surface area contributed by atoms with Crippen molar-refractivity contribution < 1.29 is 9.53 Å². The number of carbonyl (C=O) groups excluding carboxylic acids is 1. The van der Waals surface area contributed by atoms with Crippen molar-refractivity contribution in [3.63, 3.8) is 0 Å². The lowest BCUT2D eigenvalue weighted by Gasteiger charge is -2.52. The summed E-state index contributed by atoms with van der Waals surface area (Å²) in [6.07, 6.45) is 0.960. The van der Waals surface area contributed by atoms with Crippen LogP contribution in [0.15, 0.2) is 0 Å². The Bertz CT molecular complexity index is 361. The summed E-state index contributed by atoms with van der Waals surface area (Å²) in [5.74, 6) is 0. The number of ether oxygens (including phenoxy) is 1. The second-order valence-electron chi connectivity index (χ2n) is 8.25. The Morgan fingerprint density at radius 2 is 1.43 bits per heavy atom. The van der Waals surface area contributed by atoms with Crippen LogP contribution in [0.4, 0.5) is 4.79 Å². The SMILES string of the molecule is CCC(C)(C)C(C)(C)N1CCN(C(=O)OC(C)(C)C)CC1. The highest BCUT2D eigenvalue weighted by Gasteiger charge is 2.42. The van der Waals surface area contributed by atoms with Gasteiger partial charge in [0, 0.05) is 31.7 Å². The van der Waals surface area contributed by atoms with E-state index >= 15 is 0 Å². The average Bonchev–Trinajstić information content (AvgIpc) is 2.36. The second-order valence-corrected chi connectivity index (χ2v) is 8.25. The van der Waals surface area contributed by atoms with E-state index in [1.807, 2.05) is 25.7 Å².